The molecule has 6 heteroatoms. The first-order chi connectivity index (χ1) is 8.69. The largest absolute Gasteiger partial charge is 0.492 e. The molecule has 0 amide bonds. The van der Waals surface area contributed by atoms with Gasteiger partial charge in [0.15, 0.2) is 17.3 Å². The lowest BCUT2D eigenvalue weighted by molar-refractivity contribution is 0.0255. The van der Waals surface area contributed by atoms with Crippen LogP contribution in [0.3, 0.4) is 0 Å². The van der Waals surface area contributed by atoms with E-state index < -0.39 is 5.82 Å². The van der Waals surface area contributed by atoms with Gasteiger partial charge in [0.1, 0.15) is 0 Å². The van der Waals surface area contributed by atoms with Gasteiger partial charge in [-0.2, -0.15) is 0 Å². The second-order valence-electron chi connectivity index (χ2n) is 3.88. The predicted molar refractivity (Wildman–Crippen MR) is 68.8 cm³/mol. The summed E-state index contributed by atoms with van der Waals surface area (Å²) in [7, 11) is 2.90. The molecule has 0 aromatic heterocycles. The number of nitrogens with one attached hydrogen (secondary N) is 1. The quantitative estimate of drug-likeness (QED) is 0.927. The molecule has 100 valence electrons. The van der Waals surface area contributed by atoms with Gasteiger partial charge in [0.25, 0.3) is 0 Å². The number of benzene rings is 1. The van der Waals surface area contributed by atoms with Crippen molar-refractivity contribution in [1.29, 1.82) is 0 Å². The molecule has 1 aromatic carbocycles. The van der Waals surface area contributed by atoms with Crippen LogP contribution in [0.4, 0.5) is 4.39 Å². The second-order valence-corrected chi connectivity index (χ2v) is 4.74. The Labute approximate surface area is 114 Å². The van der Waals surface area contributed by atoms with E-state index in [0.29, 0.717) is 23.4 Å². The van der Waals surface area contributed by atoms with Gasteiger partial charge in [0.05, 0.1) is 26.9 Å². The number of halogens is 2. The van der Waals surface area contributed by atoms with Gasteiger partial charge in [-0.25, -0.2) is 4.39 Å². The van der Waals surface area contributed by atoms with Crippen molar-refractivity contribution in [3.8, 4) is 11.5 Å². The molecule has 1 saturated heterocycles. The van der Waals surface area contributed by atoms with Crippen molar-refractivity contribution in [2.75, 3.05) is 33.9 Å². The zero-order valence-electron chi connectivity index (χ0n) is 10.3. The third-order valence-corrected chi connectivity index (χ3v) is 3.49. The topological polar surface area (TPSA) is 39.7 Å². The van der Waals surface area contributed by atoms with Crippen LogP contribution in [0.25, 0.3) is 0 Å². The average molecular weight is 320 g/mol. The van der Waals surface area contributed by atoms with Crippen LogP contribution in [0.2, 0.25) is 0 Å². The molecule has 4 nitrogen and oxygen atoms in total. The molecule has 0 bridgehead atoms. The van der Waals surface area contributed by atoms with Crippen molar-refractivity contribution in [2.45, 2.75) is 6.10 Å². The zero-order valence-corrected chi connectivity index (χ0v) is 11.8. The van der Waals surface area contributed by atoms with Crippen molar-refractivity contribution in [2.24, 2.45) is 0 Å². The molecule has 1 unspecified atom stereocenters. The fraction of sp³-hybridized carbons (Fsp3) is 0.500. The molecule has 1 atom stereocenters. The fourth-order valence-corrected chi connectivity index (χ4v) is 2.67. The van der Waals surface area contributed by atoms with E-state index in [1.807, 2.05) is 0 Å². The molecule has 2 rings (SSSR count). The molecule has 0 radical (unpaired) electrons. The summed E-state index contributed by atoms with van der Waals surface area (Å²) in [5.41, 5.74) is 0.767. The van der Waals surface area contributed by atoms with E-state index in [2.05, 4.69) is 21.2 Å². The van der Waals surface area contributed by atoms with E-state index in [1.54, 1.807) is 0 Å². The van der Waals surface area contributed by atoms with Gasteiger partial charge in [-0.05, 0) is 6.07 Å². The lowest BCUT2D eigenvalue weighted by atomic mass is 10.1. The van der Waals surface area contributed by atoms with Gasteiger partial charge < -0.3 is 19.5 Å². The van der Waals surface area contributed by atoms with Gasteiger partial charge >= 0.3 is 0 Å². The SMILES string of the molecule is COc1c(F)cc(Br)c(C2CNCCO2)c1OC. The standard InChI is InChI=1S/C12H15BrFNO3/c1-16-11-8(14)5-7(13)10(12(11)17-2)9-6-15-3-4-18-9/h5,9,15H,3-4,6H2,1-2H3. The van der Waals surface area contributed by atoms with E-state index in [0.717, 1.165) is 12.1 Å². The van der Waals surface area contributed by atoms with Gasteiger partial charge in [-0.15, -0.1) is 0 Å². The van der Waals surface area contributed by atoms with Crippen LogP contribution in [-0.4, -0.2) is 33.9 Å². The number of hydrogen-bond donors (Lipinski definition) is 1. The number of hydrogen-bond acceptors (Lipinski definition) is 4. The molecule has 18 heavy (non-hydrogen) atoms. The molecule has 1 fully saturated rings. The average Bonchev–Trinajstić information content (AvgIpc) is 2.38. The third-order valence-electron chi connectivity index (χ3n) is 2.84. The van der Waals surface area contributed by atoms with Crippen molar-refractivity contribution < 1.29 is 18.6 Å². The molecule has 0 spiro atoms. The Kier molecular flexibility index (Phi) is 4.42. The first-order valence-corrected chi connectivity index (χ1v) is 6.40. The highest BCUT2D eigenvalue weighted by atomic mass is 79.9. The predicted octanol–water partition coefficient (Wildman–Crippen LogP) is 2.27. The first-order valence-electron chi connectivity index (χ1n) is 5.61. The van der Waals surface area contributed by atoms with Crippen LogP contribution in [0.15, 0.2) is 10.5 Å². The monoisotopic (exact) mass is 319 g/mol. The highest BCUT2D eigenvalue weighted by Crippen LogP contribution is 2.43. The van der Waals surface area contributed by atoms with Crippen LogP contribution < -0.4 is 14.8 Å². The molecule has 1 N–H and O–H groups in total. The Balaban J connectivity index is 2.49. The van der Waals surface area contributed by atoms with Crippen molar-refractivity contribution >= 4 is 15.9 Å². The Bertz CT molecular complexity index is 436. The van der Waals surface area contributed by atoms with Crippen molar-refractivity contribution in [1.82, 2.24) is 5.32 Å². The summed E-state index contributed by atoms with van der Waals surface area (Å²) in [6.07, 6.45) is -0.183. The molecule has 1 aliphatic heterocycles. The number of ether oxygens (including phenoxy) is 3. The van der Waals surface area contributed by atoms with E-state index in [9.17, 15) is 4.39 Å². The van der Waals surface area contributed by atoms with E-state index in [-0.39, 0.29) is 11.9 Å². The van der Waals surface area contributed by atoms with Gasteiger partial charge in [0.2, 0.25) is 0 Å². The van der Waals surface area contributed by atoms with E-state index in [4.69, 9.17) is 14.2 Å². The Hall–Kier alpha value is -0.850. The van der Waals surface area contributed by atoms with Crippen LogP contribution in [0.1, 0.15) is 11.7 Å². The third kappa shape index (κ3) is 2.46. The molecule has 0 aliphatic carbocycles. The number of methoxy groups -OCH3 is 2. The van der Waals surface area contributed by atoms with Crippen LogP contribution in [0, 0.1) is 5.82 Å². The van der Waals surface area contributed by atoms with Gasteiger partial charge in [-0.1, -0.05) is 15.9 Å². The first kappa shape index (κ1) is 13.6. The lowest BCUT2D eigenvalue weighted by Crippen LogP contribution is -2.33. The summed E-state index contributed by atoms with van der Waals surface area (Å²) in [5.74, 6) is 0.0108. The van der Waals surface area contributed by atoms with E-state index >= 15 is 0 Å². The summed E-state index contributed by atoms with van der Waals surface area (Å²) in [5, 5.41) is 3.23. The fourth-order valence-electron chi connectivity index (χ4n) is 2.04. The Morgan fingerprint density at radius 1 is 1.39 bits per heavy atom. The molecular weight excluding hydrogens is 305 g/mol. The molecule has 1 aliphatic rings. The maximum absolute atomic E-state index is 13.8. The normalized spacial score (nSPS) is 19.7. The van der Waals surface area contributed by atoms with Gasteiger partial charge in [-0.3, -0.25) is 0 Å². The summed E-state index contributed by atoms with van der Waals surface area (Å²) in [6, 6.07) is 1.37. The minimum Gasteiger partial charge on any atom is -0.492 e. The maximum atomic E-state index is 13.8. The van der Waals surface area contributed by atoms with Crippen LogP contribution >= 0.6 is 15.9 Å². The summed E-state index contributed by atoms with van der Waals surface area (Å²) < 4.78 is 30.4. The van der Waals surface area contributed by atoms with Crippen LogP contribution in [0.5, 0.6) is 11.5 Å². The number of rotatable bonds is 3. The van der Waals surface area contributed by atoms with Crippen molar-refractivity contribution in [3.63, 3.8) is 0 Å². The van der Waals surface area contributed by atoms with Gasteiger partial charge in [0, 0.05) is 23.1 Å². The number of morpholine rings is 1. The summed E-state index contributed by atoms with van der Waals surface area (Å²) in [4.78, 5) is 0. The smallest absolute Gasteiger partial charge is 0.197 e. The highest BCUT2D eigenvalue weighted by Gasteiger charge is 2.27. The molecule has 0 saturated carbocycles. The lowest BCUT2D eigenvalue weighted by Gasteiger charge is -2.27. The summed E-state index contributed by atoms with van der Waals surface area (Å²) >= 11 is 3.35. The molecular formula is C12H15BrFNO3. The summed E-state index contributed by atoms with van der Waals surface area (Å²) in [6.45, 7) is 2.08. The minimum atomic E-state index is -0.464. The Morgan fingerprint density at radius 3 is 2.67 bits per heavy atom. The van der Waals surface area contributed by atoms with Crippen molar-refractivity contribution in [3.05, 3.63) is 21.9 Å². The zero-order chi connectivity index (χ0) is 13.1. The van der Waals surface area contributed by atoms with Crippen LogP contribution in [-0.2, 0) is 4.74 Å². The minimum absolute atomic E-state index is 0.102. The van der Waals surface area contributed by atoms with E-state index in [1.165, 1.54) is 20.3 Å². The highest BCUT2D eigenvalue weighted by molar-refractivity contribution is 9.10. The second kappa shape index (κ2) is 5.86. The molecule has 1 heterocycles. The maximum Gasteiger partial charge on any atom is 0.197 e. The Morgan fingerprint density at radius 2 is 2.11 bits per heavy atom. The molecule has 1 aromatic rings.